The Kier molecular flexibility index (Phi) is 4.26. The van der Waals surface area contributed by atoms with Gasteiger partial charge in [0.1, 0.15) is 11.5 Å². The van der Waals surface area contributed by atoms with E-state index in [2.05, 4.69) is 72.8 Å². The molecule has 0 N–H and O–H groups in total. The first-order valence-corrected chi connectivity index (χ1v) is 10.8. The molecule has 0 fully saturated rings. The van der Waals surface area contributed by atoms with Crippen LogP contribution in [0.25, 0.3) is 54.6 Å². The minimum atomic E-state index is 0.869. The highest BCUT2D eigenvalue weighted by Crippen LogP contribution is 2.46. The molecule has 0 bridgehead atoms. The van der Waals surface area contributed by atoms with Crippen molar-refractivity contribution in [1.29, 1.82) is 0 Å². The lowest BCUT2D eigenvalue weighted by Gasteiger charge is -2.20. The summed E-state index contributed by atoms with van der Waals surface area (Å²) in [4.78, 5) is 0. The van der Waals surface area contributed by atoms with Crippen LogP contribution in [-0.4, -0.2) is 14.2 Å². The third-order valence-electron chi connectivity index (χ3n) is 6.44. The number of benzene rings is 6. The van der Waals surface area contributed by atoms with Crippen molar-refractivity contribution < 1.29 is 9.47 Å². The van der Waals surface area contributed by atoms with Crippen LogP contribution in [-0.2, 0) is 0 Å². The fourth-order valence-electron chi connectivity index (χ4n) is 5.01. The van der Waals surface area contributed by atoms with Gasteiger partial charge in [-0.2, -0.15) is 0 Å². The normalized spacial score (nSPS) is 11.4. The molecule has 6 aromatic carbocycles. The molecule has 2 nitrogen and oxygen atoms in total. The molecule has 32 heavy (non-hydrogen) atoms. The first kappa shape index (κ1) is 18.7. The zero-order chi connectivity index (χ0) is 21.7. The quantitative estimate of drug-likeness (QED) is 0.273. The number of methoxy groups -OCH3 is 2. The Balaban J connectivity index is 1.84. The van der Waals surface area contributed by atoms with E-state index in [1.807, 2.05) is 24.3 Å². The molecule has 6 rings (SSSR count). The van der Waals surface area contributed by atoms with Crippen LogP contribution >= 0.6 is 0 Å². The van der Waals surface area contributed by atoms with Crippen molar-refractivity contribution in [2.75, 3.05) is 14.2 Å². The van der Waals surface area contributed by atoms with Gasteiger partial charge in [0.2, 0.25) is 0 Å². The minimum absolute atomic E-state index is 0.869. The van der Waals surface area contributed by atoms with Crippen LogP contribution in [0.15, 0.2) is 97.1 Å². The Morgan fingerprint density at radius 3 is 1.44 bits per heavy atom. The molecule has 0 atom stereocenters. The summed E-state index contributed by atoms with van der Waals surface area (Å²) in [5.74, 6) is 1.74. The second kappa shape index (κ2) is 7.28. The molecule has 6 aromatic rings. The van der Waals surface area contributed by atoms with E-state index in [-0.39, 0.29) is 0 Å². The van der Waals surface area contributed by atoms with E-state index < -0.39 is 0 Å². The van der Waals surface area contributed by atoms with Gasteiger partial charge in [-0.3, -0.25) is 0 Å². The zero-order valence-corrected chi connectivity index (χ0v) is 18.1. The first-order valence-electron chi connectivity index (χ1n) is 10.8. The van der Waals surface area contributed by atoms with Gasteiger partial charge in [-0.05, 0) is 61.6 Å². The molecular weight excluding hydrogens is 392 g/mol. The van der Waals surface area contributed by atoms with Crippen molar-refractivity contribution in [3.05, 3.63) is 97.1 Å². The minimum Gasteiger partial charge on any atom is -0.496 e. The van der Waals surface area contributed by atoms with E-state index >= 15 is 0 Å². The van der Waals surface area contributed by atoms with Crippen LogP contribution in [0, 0.1) is 0 Å². The molecule has 2 heteroatoms. The van der Waals surface area contributed by atoms with Gasteiger partial charge in [-0.1, -0.05) is 78.9 Å². The molecule has 154 valence electrons. The fourth-order valence-corrected chi connectivity index (χ4v) is 5.01. The molecule has 0 aromatic heterocycles. The largest absolute Gasteiger partial charge is 0.496 e. The molecular formula is C30H22O2. The van der Waals surface area contributed by atoms with Gasteiger partial charge in [-0.25, -0.2) is 0 Å². The van der Waals surface area contributed by atoms with Crippen molar-refractivity contribution >= 4 is 32.3 Å². The summed E-state index contributed by atoms with van der Waals surface area (Å²) < 4.78 is 11.5. The summed E-state index contributed by atoms with van der Waals surface area (Å²) in [6.45, 7) is 0. The van der Waals surface area contributed by atoms with Crippen LogP contribution < -0.4 is 9.47 Å². The summed E-state index contributed by atoms with van der Waals surface area (Å²) in [6, 6.07) is 34.2. The van der Waals surface area contributed by atoms with Crippen LogP contribution in [0.5, 0.6) is 11.5 Å². The molecule has 0 amide bonds. The Labute approximate surface area is 187 Å². The maximum absolute atomic E-state index is 5.76. The molecule has 0 unspecified atom stereocenters. The molecule has 0 aliphatic carbocycles. The standard InChI is InChI=1S/C30H22O2/c1-31-27-12-5-3-10-21(27)25-18-26(22-11-4-6-13-28(22)32-2)24-17-15-20-9-7-8-19-14-16-23(25)30(24)29(19)20/h3-18H,1-2H3. The van der Waals surface area contributed by atoms with Crippen LogP contribution in [0.4, 0.5) is 0 Å². The maximum atomic E-state index is 5.76. The van der Waals surface area contributed by atoms with Gasteiger partial charge < -0.3 is 9.47 Å². The van der Waals surface area contributed by atoms with Gasteiger partial charge in [-0.15, -0.1) is 0 Å². The molecule has 0 heterocycles. The molecule has 0 radical (unpaired) electrons. The summed E-state index contributed by atoms with van der Waals surface area (Å²) in [7, 11) is 3.46. The van der Waals surface area contributed by atoms with E-state index in [0.29, 0.717) is 0 Å². The number of hydrogen-bond acceptors (Lipinski definition) is 2. The lowest BCUT2D eigenvalue weighted by atomic mass is 9.85. The lowest BCUT2D eigenvalue weighted by Crippen LogP contribution is -1.94. The van der Waals surface area contributed by atoms with Crippen LogP contribution in [0.3, 0.4) is 0 Å². The van der Waals surface area contributed by atoms with E-state index in [4.69, 9.17) is 9.47 Å². The molecule has 0 aliphatic rings. The Morgan fingerprint density at radius 1 is 0.438 bits per heavy atom. The van der Waals surface area contributed by atoms with Crippen molar-refractivity contribution in [1.82, 2.24) is 0 Å². The second-order valence-electron chi connectivity index (χ2n) is 8.05. The van der Waals surface area contributed by atoms with Crippen molar-refractivity contribution in [2.24, 2.45) is 0 Å². The number of ether oxygens (including phenoxy) is 2. The zero-order valence-electron chi connectivity index (χ0n) is 18.1. The van der Waals surface area contributed by atoms with Gasteiger partial charge in [0.15, 0.2) is 0 Å². The number of para-hydroxylation sites is 2. The molecule has 0 aliphatic heterocycles. The molecule has 0 saturated heterocycles. The van der Waals surface area contributed by atoms with Crippen molar-refractivity contribution in [3.8, 4) is 33.8 Å². The average Bonchev–Trinajstić information content (AvgIpc) is 2.87. The fraction of sp³-hybridized carbons (Fsp3) is 0.0667. The highest BCUT2D eigenvalue weighted by molar-refractivity contribution is 6.28. The molecule has 0 saturated carbocycles. The average molecular weight is 415 g/mol. The van der Waals surface area contributed by atoms with Gasteiger partial charge in [0.05, 0.1) is 14.2 Å². The van der Waals surface area contributed by atoms with Crippen molar-refractivity contribution in [3.63, 3.8) is 0 Å². The summed E-state index contributed by atoms with van der Waals surface area (Å²) >= 11 is 0. The summed E-state index contributed by atoms with van der Waals surface area (Å²) in [5.41, 5.74) is 4.50. The van der Waals surface area contributed by atoms with E-state index in [9.17, 15) is 0 Å². The number of rotatable bonds is 4. The Bertz CT molecular complexity index is 1480. The third-order valence-corrected chi connectivity index (χ3v) is 6.44. The smallest absolute Gasteiger partial charge is 0.126 e. The SMILES string of the molecule is COc1ccccc1-c1cc(-c2ccccc2OC)c2ccc3cccc4ccc1c2c43. The van der Waals surface area contributed by atoms with E-state index in [1.165, 1.54) is 32.3 Å². The topological polar surface area (TPSA) is 18.5 Å². The summed E-state index contributed by atoms with van der Waals surface area (Å²) in [5, 5.41) is 7.55. The Morgan fingerprint density at radius 2 is 0.938 bits per heavy atom. The van der Waals surface area contributed by atoms with Gasteiger partial charge in [0, 0.05) is 11.1 Å². The highest BCUT2D eigenvalue weighted by Gasteiger charge is 2.19. The first-order chi connectivity index (χ1) is 15.8. The van der Waals surface area contributed by atoms with Gasteiger partial charge in [0.25, 0.3) is 0 Å². The monoisotopic (exact) mass is 414 g/mol. The van der Waals surface area contributed by atoms with Crippen LogP contribution in [0.2, 0.25) is 0 Å². The van der Waals surface area contributed by atoms with Crippen molar-refractivity contribution in [2.45, 2.75) is 0 Å². The van der Waals surface area contributed by atoms with E-state index in [0.717, 1.165) is 33.8 Å². The van der Waals surface area contributed by atoms with E-state index in [1.54, 1.807) is 14.2 Å². The Hall–Kier alpha value is -4.04. The predicted molar refractivity (Wildman–Crippen MR) is 134 cm³/mol. The van der Waals surface area contributed by atoms with Crippen LogP contribution in [0.1, 0.15) is 0 Å². The second-order valence-corrected chi connectivity index (χ2v) is 8.05. The third kappa shape index (κ3) is 2.66. The van der Waals surface area contributed by atoms with Gasteiger partial charge >= 0.3 is 0 Å². The molecule has 0 spiro atoms. The number of hydrogen-bond donors (Lipinski definition) is 0. The lowest BCUT2D eigenvalue weighted by molar-refractivity contribution is 0.416. The summed E-state index contributed by atoms with van der Waals surface area (Å²) in [6.07, 6.45) is 0. The highest BCUT2D eigenvalue weighted by atomic mass is 16.5. The maximum Gasteiger partial charge on any atom is 0.126 e. The predicted octanol–water partition coefficient (Wildman–Crippen LogP) is 7.94.